The molecule has 0 fully saturated rings. The molecule has 0 saturated heterocycles. The zero-order valence-corrected chi connectivity index (χ0v) is 10.1. The second-order valence-electron chi connectivity index (χ2n) is 3.73. The minimum atomic E-state index is -0.866. The molecule has 4 heteroatoms. The molecule has 0 radical (unpaired) electrons. The number of aliphatic hydroxyl groups excluding tert-OH is 2. The number of methoxy groups -OCH3 is 1. The second kappa shape index (κ2) is 6.27. The second-order valence-corrected chi connectivity index (χ2v) is 3.73. The van der Waals surface area contributed by atoms with Crippen molar-refractivity contribution in [3.8, 4) is 11.5 Å². The summed E-state index contributed by atoms with van der Waals surface area (Å²) in [6.45, 7) is 1.56. The van der Waals surface area contributed by atoms with Crippen molar-refractivity contribution in [3.05, 3.63) is 29.3 Å². The van der Waals surface area contributed by atoms with Gasteiger partial charge in [-0.2, -0.15) is 0 Å². The molecule has 3 N–H and O–H groups in total. The van der Waals surface area contributed by atoms with Crippen molar-refractivity contribution in [3.63, 3.8) is 0 Å². The molecule has 0 bridgehead atoms. The number of hydrogen-bond donors (Lipinski definition) is 3. The van der Waals surface area contributed by atoms with E-state index in [1.807, 2.05) is 19.1 Å². The molecule has 94 valence electrons. The summed E-state index contributed by atoms with van der Waals surface area (Å²) in [4.78, 5) is 0. The van der Waals surface area contributed by atoms with E-state index in [4.69, 9.17) is 9.84 Å². The van der Waals surface area contributed by atoms with Crippen LogP contribution in [0, 0.1) is 0 Å². The van der Waals surface area contributed by atoms with E-state index in [1.54, 1.807) is 12.1 Å². The number of phenols is 1. The van der Waals surface area contributed by atoms with Crippen molar-refractivity contribution in [1.82, 2.24) is 0 Å². The molecule has 1 rings (SSSR count). The number of aromatic hydroxyl groups is 1. The van der Waals surface area contributed by atoms with Gasteiger partial charge in [0.25, 0.3) is 0 Å². The summed E-state index contributed by atoms with van der Waals surface area (Å²) >= 11 is 0. The first-order chi connectivity index (χ1) is 8.13. The third-order valence-corrected chi connectivity index (χ3v) is 2.48. The van der Waals surface area contributed by atoms with Crippen LogP contribution >= 0.6 is 0 Å². The van der Waals surface area contributed by atoms with Gasteiger partial charge < -0.3 is 20.1 Å². The molecule has 1 aromatic rings. The van der Waals surface area contributed by atoms with Crippen LogP contribution in [-0.2, 0) is 6.42 Å². The minimum Gasteiger partial charge on any atom is -0.504 e. The first kappa shape index (κ1) is 13.5. The molecule has 0 aliphatic carbocycles. The van der Waals surface area contributed by atoms with Crippen LogP contribution in [0.2, 0.25) is 0 Å². The van der Waals surface area contributed by atoms with Gasteiger partial charge in [-0.15, -0.1) is 0 Å². The van der Waals surface area contributed by atoms with Crippen LogP contribution in [0.1, 0.15) is 18.1 Å². The lowest BCUT2D eigenvalue weighted by Gasteiger charge is -2.15. The average molecular weight is 238 g/mol. The van der Waals surface area contributed by atoms with E-state index < -0.39 is 6.10 Å². The molecule has 4 nitrogen and oxygen atoms in total. The highest BCUT2D eigenvalue weighted by atomic mass is 16.5. The highest BCUT2D eigenvalue weighted by Crippen LogP contribution is 2.34. The molecule has 0 aromatic heterocycles. The lowest BCUT2D eigenvalue weighted by molar-refractivity contribution is 0.0948. The lowest BCUT2D eigenvalue weighted by atomic mass is 9.99. The van der Waals surface area contributed by atoms with Crippen LogP contribution < -0.4 is 4.74 Å². The van der Waals surface area contributed by atoms with Crippen molar-refractivity contribution in [2.24, 2.45) is 0 Å². The van der Waals surface area contributed by atoms with E-state index in [0.29, 0.717) is 11.3 Å². The summed E-state index contributed by atoms with van der Waals surface area (Å²) < 4.78 is 5.13. The molecule has 1 atom stereocenters. The predicted octanol–water partition coefficient (Wildman–Crippen LogP) is 1.33. The highest BCUT2D eigenvalue weighted by molar-refractivity contribution is 5.62. The zero-order valence-electron chi connectivity index (χ0n) is 10.1. The molecular formula is C13H18O4. The van der Waals surface area contributed by atoms with Crippen LogP contribution in [0.3, 0.4) is 0 Å². The maximum absolute atomic E-state index is 9.68. The Morgan fingerprint density at radius 1 is 1.41 bits per heavy atom. The van der Waals surface area contributed by atoms with Crippen LogP contribution in [0.4, 0.5) is 0 Å². The minimum absolute atomic E-state index is 0.0286. The van der Waals surface area contributed by atoms with Crippen LogP contribution in [0.25, 0.3) is 6.08 Å². The Morgan fingerprint density at radius 2 is 2.12 bits per heavy atom. The number of rotatable bonds is 5. The Bertz CT molecular complexity index is 399. The van der Waals surface area contributed by atoms with Crippen molar-refractivity contribution >= 4 is 6.08 Å². The Balaban J connectivity index is 3.23. The largest absolute Gasteiger partial charge is 0.504 e. The van der Waals surface area contributed by atoms with Gasteiger partial charge in [0.1, 0.15) is 0 Å². The van der Waals surface area contributed by atoms with E-state index in [0.717, 1.165) is 5.56 Å². The average Bonchev–Trinajstić information content (AvgIpc) is 2.33. The topological polar surface area (TPSA) is 69.9 Å². The smallest absolute Gasteiger partial charge is 0.164 e. The standard InChI is InChI=1S/C13H18O4/c1-3-4-9-5-6-12(16)13(17-2)11(9)7-10(15)8-14/h3-6,10,14-16H,7-8H2,1-2H3/b4-3+. The Morgan fingerprint density at radius 3 is 2.65 bits per heavy atom. The molecule has 1 unspecified atom stereocenters. The molecule has 0 aliphatic heterocycles. The lowest BCUT2D eigenvalue weighted by Crippen LogP contribution is -2.16. The number of phenolic OH excluding ortho intramolecular Hbond substituents is 1. The number of aliphatic hydroxyl groups is 2. The molecular weight excluding hydrogens is 220 g/mol. The SMILES string of the molecule is C/C=C/c1ccc(O)c(OC)c1CC(O)CO. The van der Waals surface area contributed by atoms with Gasteiger partial charge in [0.15, 0.2) is 11.5 Å². The molecule has 0 aliphatic rings. The first-order valence-corrected chi connectivity index (χ1v) is 5.44. The van der Waals surface area contributed by atoms with Gasteiger partial charge in [-0.3, -0.25) is 0 Å². The summed E-state index contributed by atoms with van der Waals surface area (Å²) in [5.41, 5.74) is 1.54. The number of ether oxygens (including phenoxy) is 1. The summed E-state index contributed by atoms with van der Waals surface area (Å²) in [6, 6.07) is 3.29. The summed E-state index contributed by atoms with van der Waals surface area (Å²) in [6.07, 6.45) is 3.09. The quantitative estimate of drug-likeness (QED) is 0.723. The maximum atomic E-state index is 9.68. The summed E-state index contributed by atoms with van der Waals surface area (Å²) in [5.74, 6) is 0.369. The molecule has 0 spiro atoms. The molecule has 1 aromatic carbocycles. The van der Waals surface area contributed by atoms with E-state index in [9.17, 15) is 10.2 Å². The molecule has 17 heavy (non-hydrogen) atoms. The van der Waals surface area contributed by atoms with Gasteiger partial charge in [-0.05, 0) is 18.6 Å². The van der Waals surface area contributed by atoms with Crippen LogP contribution in [-0.4, -0.2) is 35.1 Å². The van der Waals surface area contributed by atoms with Crippen molar-refractivity contribution in [1.29, 1.82) is 0 Å². The Hall–Kier alpha value is -1.52. The van der Waals surface area contributed by atoms with E-state index in [1.165, 1.54) is 7.11 Å². The highest BCUT2D eigenvalue weighted by Gasteiger charge is 2.15. The fourth-order valence-electron chi connectivity index (χ4n) is 1.70. The number of hydrogen-bond acceptors (Lipinski definition) is 4. The maximum Gasteiger partial charge on any atom is 0.164 e. The zero-order chi connectivity index (χ0) is 12.8. The van der Waals surface area contributed by atoms with Gasteiger partial charge in [0.05, 0.1) is 19.8 Å². The predicted molar refractivity (Wildman–Crippen MR) is 66.2 cm³/mol. The molecule has 0 heterocycles. The van der Waals surface area contributed by atoms with Gasteiger partial charge >= 0.3 is 0 Å². The van der Waals surface area contributed by atoms with E-state index >= 15 is 0 Å². The first-order valence-electron chi connectivity index (χ1n) is 5.44. The van der Waals surface area contributed by atoms with Crippen molar-refractivity contribution in [2.45, 2.75) is 19.4 Å². The number of allylic oxidation sites excluding steroid dienone is 1. The third kappa shape index (κ3) is 3.22. The fourth-order valence-corrected chi connectivity index (χ4v) is 1.70. The van der Waals surface area contributed by atoms with Crippen LogP contribution in [0.5, 0.6) is 11.5 Å². The molecule has 0 amide bonds. The monoisotopic (exact) mass is 238 g/mol. The van der Waals surface area contributed by atoms with E-state index in [2.05, 4.69) is 0 Å². The number of benzene rings is 1. The van der Waals surface area contributed by atoms with Gasteiger partial charge in [-0.25, -0.2) is 0 Å². The van der Waals surface area contributed by atoms with Gasteiger partial charge in [0.2, 0.25) is 0 Å². The van der Waals surface area contributed by atoms with Gasteiger partial charge in [0, 0.05) is 12.0 Å². The fraction of sp³-hybridized carbons (Fsp3) is 0.385. The Labute approximate surface area is 101 Å². The van der Waals surface area contributed by atoms with Crippen molar-refractivity contribution < 1.29 is 20.1 Å². The Kier molecular flexibility index (Phi) is 5.00. The summed E-state index contributed by atoms with van der Waals surface area (Å²) in [5, 5.41) is 28.1. The van der Waals surface area contributed by atoms with Gasteiger partial charge in [-0.1, -0.05) is 18.2 Å². The third-order valence-electron chi connectivity index (χ3n) is 2.48. The molecule has 0 saturated carbocycles. The summed E-state index contributed by atoms with van der Waals surface area (Å²) in [7, 11) is 1.46. The van der Waals surface area contributed by atoms with Crippen LogP contribution in [0.15, 0.2) is 18.2 Å². The van der Waals surface area contributed by atoms with Crippen molar-refractivity contribution in [2.75, 3.05) is 13.7 Å². The normalized spacial score (nSPS) is 12.9. The van der Waals surface area contributed by atoms with E-state index in [-0.39, 0.29) is 18.8 Å².